The Balaban J connectivity index is 1.48. The number of anilines is 1. The maximum absolute atomic E-state index is 12.6. The lowest BCUT2D eigenvalue weighted by atomic mass is 9.92. The Kier molecular flexibility index (Phi) is 4.61. The summed E-state index contributed by atoms with van der Waals surface area (Å²) in [6.07, 6.45) is 4.18. The SMILES string of the molecule is CC(Oc1ccc2c(c1)CCCC2)C(=O)Nc1cccc2ccccc12. The van der Waals surface area contributed by atoms with Gasteiger partial charge in [-0.3, -0.25) is 4.79 Å². The lowest BCUT2D eigenvalue weighted by molar-refractivity contribution is -0.122. The largest absolute Gasteiger partial charge is 0.481 e. The van der Waals surface area contributed by atoms with Crippen molar-refractivity contribution in [2.75, 3.05) is 5.32 Å². The molecule has 0 spiro atoms. The molecule has 4 rings (SSSR count). The maximum atomic E-state index is 12.6. The summed E-state index contributed by atoms with van der Waals surface area (Å²) in [7, 11) is 0. The minimum absolute atomic E-state index is 0.140. The molecule has 132 valence electrons. The van der Waals surface area contributed by atoms with Crippen LogP contribution < -0.4 is 10.1 Å². The predicted octanol–water partition coefficient (Wildman–Crippen LogP) is 5.12. The summed E-state index contributed by atoms with van der Waals surface area (Å²) >= 11 is 0. The average Bonchev–Trinajstić information content (AvgIpc) is 2.68. The van der Waals surface area contributed by atoms with Crippen LogP contribution in [0.3, 0.4) is 0 Å². The van der Waals surface area contributed by atoms with Crippen LogP contribution in [0.15, 0.2) is 60.7 Å². The van der Waals surface area contributed by atoms with E-state index in [0.29, 0.717) is 0 Å². The molecule has 0 aliphatic heterocycles. The number of hydrogen-bond donors (Lipinski definition) is 1. The molecule has 0 heterocycles. The molecule has 0 saturated carbocycles. The van der Waals surface area contributed by atoms with Crippen LogP contribution in [0, 0.1) is 0 Å². The molecule has 0 fully saturated rings. The van der Waals surface area contributed by atoms with Crippen LogP contribution >= 0.6 is 0 Å². The van der Waals surface area contributed by atoms with Crippen molar-refractivity contribution in [1.82, 2.24) is 0 Å². The number of aryl methyl sites for hydroxylation is 2. The van der Waals surface area contributed by atoms with E-state index >= 15 is 0 Å². The minimum Gasteiger partial charge on any atom is -0.481 e. The number of carbonyl (C=O) groups excluding carboxylic acids is 1. The summed E-state index contributed by atoms with van der Waals surface area (Å²) < 4.78 is 5.91. The third kappa shape index (κ3) is 3.43. The van der Waals surface area contributed by atoms with Gasteiger partial charge in [0.2, 0.25) is 0 Å². The van der Waals surface area contributed by atoms with E-state index in [2.05, 4.69) is 17.4 Å². The second-order valence-corrected chi connectivity index (χ2v) is 6.91. The molecule has 0 radical (unpaired) electrons. The van der Waals surface area contributed by atoms with Crippen LogP contribution in [0.2, 0.25) is 0 Å². The smallest absolute Gasteiger partial charge is 0.265 e. The highest BCUT2D eigenvalue weighted by molar-refractivity contribution is 6.03. The van der Waals surface area contributed by atoms with Crippen molar-refractivity contribution in [2.24, 2.45) is 0 Å². The highest BCUT2D eigenvalue weighted by atomic mass is 16.5. The van der Waals surface area contributed by atoms with E-state index in [9.17, 15) is 4.79 Å². The van der Waals surface area contributed by atoms with Gasteiger partial charge in [0.05, 0.1) is 0 Å². The lowest BCUT2D eigenvalue weighted by Gasteiger charge is -2.19. The van der Waals surface area contributed by atoms with Gasteiger partial charge < -0.3 is 10.1 Å². The van der Waals surface area contributed by atoms with Gasteiger partial charge in [-0.05, 0) is 67.3 Å². The minimum atomic E-state index is -0.560. The molecule has 1 amide bonds. The number of rotatable bonds is 4. The Morgan fingerprint density at radius 3 is 2.62 bits per heavy atom. The molecule has 1 N–H and O–H groups in total. The monoisotopic (exact) mass is 345 g/mol. The van der Waals surface area contributed by atoms with Gasteiger partial charge in [0.15, 0.2) is 6.10 Å². The second-order valence-electron chi connectivity index (χ2n) is 6.91. The van der Waals surface area contributed by atoms with Crippen molar-refractivity contribution in [2.45, 2.75) is 38.7 Å². The van der Waals surface area contributed by atoms with Gasteiger partial charge in [0.1, 0.15) is 5.75 Å². The Hall–Kier alpha value is -2.81. The van der Waals surface area contributed by atoms with E-state index in [0.717, 1.165) is 35.1 Å². The molecule has 0 bridgehead atoms. The molecule has 3 nitrogen and oxygen atoms in total. The van der Waals surface area contributed by atoms with Gasteiger partial charge in [-0.2, -0.15) is 0 Å². The predicted molar refractivity (Wildman–Crippen MR) is 106 cm³/mol. The number of hydrogen-bond acceptors (Lipinski definition) is 2. The van der Waals surface area contributed by atoms with E-state index < -0.39 is 6.10 Å². The fraction of sp³-hybridized carbons (Fsp3) is 0.261. The van der Waals surface area contributed by atoms with Crippen molar-refractivity contribution in [3.63, 3.8) is 0 Å². The maximum Gasteiger partial charge on any atom is 0.265 e. The van der Waals surface area contributed by atoms with Crippen LogP contribution in [0.4, 0.5) is 5.69 Å². The molecular weight excluding hydrogens is 322 g/mol. The Labute approximate surface area is 154 Å². The third-order valence-corrected chi connectivity index (χ3v) is 5.05. The first-order valence-electron chi connectivity index (χ1n) is 9.28. The molecule has 3 heteroatoms. The van der Waals surface area contributed by atoms with E-state index in [-0.39, 0.29) is 5.91 Å². The molecule has 1 unspecified atom stereocenters. The van der Waals surface area contributed by atoms with Crippen LogP contribution in [0.25, 0.3) is 10.8 Å². The summed E-state index contributed by atoms with van der Waals surface area (Å²) in [4.78, 5) is 12.6. The molecule has 3 aromatic rings. The van der Waals surface area contributed by atoms with Gasteiger partial charge in [0.25, 0.3) is 5.91 Å². The highest BCUT2D eigenvalue weighted by Crippen LogP contribution is 2.26. The molecule has 1 aliphatic carbocycles. The zero-order chi connectivity index (χ0) is 17.9. The Morgan fingerprint density at radius 1 is 0.962 bits per heavy atom. The lowest BCUT2D eigenvalue weighted by Crippen LogP contribution is -2.30. The van der Waals surface area contributed by atoms with Crippen molar-refractivity contribution in [1.29, 1.82) is 0 Å². The van der Waals surface area contributed by atoms with E-state index in [1.807, 2.05) is 48.5 Å². The molecule has 3 aromatic carbocycles. The Bertz CT molecular complexity index is 943. The molecule has 26 heavy (non-hydrogen) atoms. The molecular formula is C23H23NO2. The second kappa shape index (κ2) is 7.20. The first kappa shape index (κ1) is 16.6. The average molecular weight is 345 g/mol. The molecule has 0 saturated heterocycles. The quantitative estimate of drug-likeness (QED) is 0.712. The van der Waals surface area contributed by atoms with Crippen LogP contribution in [0.1, 0.15) is 30.9 Å². The number of carbonyl (C=O) groups is 1. The Morgan fingerprint density at radius 2 is 1.73 bits per heavy atom. The summed E-state index contributed by atoms with van der Waals surface area (Å²) in [5, 5.41) is 5.14. The first-order chi connectivity index (χ1) is 12.7. The topological polar surface area (TPSA) is 38.3 Å². The van der Waals surface area contributed by atoms with Gasteiger partial charge in [0, 0.05) is 11.1 Å². The van der Waals surface area contributed by atoms with Gasteiger partial charge >= 0.3 is 0 Å². The zero-order valence-electron chi connectivity index (χ0n) is 15.0. The fourth-order valence-electron chi connectivity index (χ4n) is 3.61. The summed E-state index contributed by atoms with van der Waals surface area (Å²) in [5.41, 5.74) is 3.58. The third-order valence-electron chi connectivity index (χ3n) is 5.05. The van der Waals surface area contributed by atoms with Crippen molar-refractivity contribution < 1.29 is 9.53 Å². The summed E-state index contributed by atoms with van der Waals surface area (Å²) in [6.45, 7) is 1.79. The number of amides is 1. The molecule has 1 atom stereocenters. The fourth-order valence-corrected chi connectivity index (χ4v) is 3.61. The van der Waals surface area contributed by atoms with Crippen molar-refractivity contribution in [3.05, 3.63) is 71.8 Å². The van der Waals surface area contributed by atoms with Gasteiger partial charge in [-0.1, -0.05) is 42.5 Å². The standard InChI is InChI=1S/C23H23NO2/c1-16(26-20-14-13-17-7-2-3-9-19(17)15-20)23(25)24-22-12-6-10-18-8-4-5-11-21(18)22/h4-6,8,10-16H,2-3,7,9H2,1H3,(H,24,25). The van der Waals surface area contributed by atoms with Crippen LogP contribution in [-0.4, -0.2) is 12.0 Å². The summed E-state index contributed by atoms with van der Waals surface area (Å²) in [5.74, 6) is 0.630. The number of benzene rings is 3. The normalized spacial score (nSPS) is 14.5. The first-order valence-corrected chi connectivity index (χ1v) is 9.28. The van der Waals surface area contributed by atoms with Crippen LogP contribution in [-0.2, 0) is 17.6 Å². The highest BCUT2D eigenvalue weighted by Gasteiger charge is 2.17. The number of nitrogens with one attached hydrogen (secondary N) is 1. The van der Waals surface area contributed by atoms with Crippen molar-refractivity contribution >= 4 is 22.4 Å². The zero-order valence-corrected chi connectivity index (χ0v) is 15.0. The van der Waals surface area contributed by atoms with Crippen molar-refractivity contribution in [3.8, 4) is 5.75 Å². The van der Waals surface area contributed by atoms with E-state index in [4.69, 9.17) is 4.74 Å². The summed E-state index contributed by atoms with van der Waals surface area (Å²) in [6, 6.07) is 20.1. The van der Waals surface area contributed by atoms with E-state index in [1.165, 1.54) is 24.0 Å². The van der Waals surface area contributed by atoms with Gasteiger partial charge in [-0.15, -0.1) is 0 Å². The number of fused-ring (bicyclic) bond motifs is 2. The van der Waals surface area contributed by atoms with Crippen LogP contribution in [0.5, 0.6) is 5.75 Å². The molecule has 0 aromatic heterocycles. The number of ether oxygens (including phenoxy) is 1. The van der Waals surface area contributed by atoms with Gasteiger partial charge in [-0.25, -0.2) is 0 Å². The van der Waals surface area contributed by atoms with E-state index in [1.54, 1.807) is 6.92 Å². The molecule has 1 aliphatic rings.